The molecule has 3 nitrogen and oxygen atoms in total. The molecule has 0 unspecified atom stereocenters. The van der Waals surface area contributed by atoms with E-state index in [1.54, 1.807) is 12.1 Å². The van der Waals surface area contributed by atoms with Crippen LogP contribution in [0.15, 0.2) is 35.5 Å². The van der Waals surface area contributed by atoms with Gasteiger partial charge in [-0.2, -0.15) is 35.8 Å². The number of ether oxygens (including phenoxy) is 1. The van der Waals surface area contributed by atoms with E-state index in [2.05, 4.69) is 32.4 Å². The van der Waals surface area contributed by atoms with Gasteiger partial charge in [-0.05, 0) is 46.5 Å². The van der Waals surface area contributed by atoms with Gasteiger partial charge in [0.2, 0.25) is 0 Å². The molecule has 0 bridgehead atoms. The summed E-state index contributed by atoms with van der Waals surface area (Å²) < 4.78 is 95.4. The number of nitrogens with zero attached hydrogens (tertiary/aromatic N) is 2. The standard InChI is InChI=1S/C15H12F7IN2OS/c1-2-27-12-5-9(23)3-4-11(12)25-7-10(6-24-25)26-8-13(16,17)14(18,19)15(20,21)22/h3-7H,2,8H2,1H3. The van der Waals surface area contributed by atoms with Crippen molar-refractivity contribution in [1.29, 1.82) is 0 Å². The molecular weight excluding hydrogens is 516 g/mol. The van der Waals surface area contributed by atoms with Gasteiger partial charge >= 0.3 is 18.0 Å². The maximum atomic E-state index is 13.3. The van der Waals surface area contributed by atoms with E-state index in [4.69, 9.17) is 0 Å². The molecule has 1 aromatic heterocycles. The van der Waals surface area contributed by atoms with Crippen molar-refractivity contribution in [3.8, 4) is 11.4 Å². The molecule has 150 valence electrons. The van der Waals surface area contributed by atoms with Crippen LogP contribution in [-0.2, 0) is 0 Å². The molecule has 0 aliphatic carbocycles. The smallest absolute Gasteiger partial charge is 0.460 e. The van der Waals surface area contributed by atoms with Crippen molar-refractivity contribution in [3.05, 3.63) is 34.2 Å². The Balaban J connectivity index is 2.18. The van der Waals surface area contributed by atoms with Crippen LogP contribution >= 0.6 is 34.4 Å². The molecule has 0 radical (unpaired) electrons. The first kappa shape index (κ1) is 22.1. The van der Waals surface area contributed by atoms with Crippen molar-refractivity contribution < 1.29 is 35.5 Å². The van der Waals surface area contributed by atoms with Crippen LogP contribution in [0.4, 0.5) is 30.7 Å². The predicted molar refractivity (Wildman–Crippen MR) is 94.1 cm³/mol. The number of thioether (sulfide) groups is 1. The van der Waals surface area contributed by atoms with E-state index in [9.17, 15) is 30.7 Å². The van der Waals surface area contributed by atoms with Gasteiger partial charge in [0.05, 0.1) is 18.1 Å². The topological polar surface area (TPSA) is 27.1 Å². The van der Waals surface area contributed by atoms with Gasteiger partial charge in [0.25, 0.3) is 0 Å². The fourth-order valence-electron chi connectivity index (χ4n) is 1.93. The molecule has 1 heterocycles. The molecule has 0 aliphatic heterocycles. The molecule has 0 amide bonds. The highest BCUT2D eigenvalue weighted by atomic mass is 127. The van der Waals surface area contributed by atoms with Gasteiger partial charge in [-0.15, -0.1) is 11.8 Å². The summed E-state index contributed by atoms with van der Waals surface area (Å²) in [5.74, 6) is -11.3. The van der Waals surface area contributed by atoms with E-state index in [1.165, 1.54) is 16.4 Å². The van der Waals surface area contributed by atoms with Gasteiger partial charge < -0.3 is 4.74 Å². The second-order valence-electron chi connectivity index (χ2n) is 5.23. The summed E-state index contributed by atoms with van der Waals surface area (Å²) in [5.41, 5.74) is 0.587. The Morgan fingerprint density at radius 3 is 2.41 bits per heavy atom. The average molecular weight is 528 g/mol. The number of rotatable bonds is 7. The Morgan fingerprint density at radius 1 is 1.15 bits per heavy atom. The molecular formula is C15H12F7IN2OS. The van der Waals surface area contributed by atoms with E-state index in [1.807, 2.05) is 13.0 Å². The quantitative estimate of drug-likeness (QED) is 0.258. The Labute approximate surface area is 167 Å². The van der Waals surface area contributed by atoms with Crippen LogP contribution in [0.1, 0.15) is 6.92 Å². The third-order valence-corrected chi connectivity index (χ3v) is 4.86. The minimum absolute atomic E-state index is 0.362. The van der Waals surface area contributed by atoms with E-state index < -0.39 is 24.6 Å². The average Bonchev–Trinajstić information content (AvgIpc) is 3.01. The lowest BCUT2D eigenvalue weighted by atomic mass is 10.2. The molecule has 2 rings (SSSR count). The Bertz CT molecular complexity index is 795. The second kappa shape index (κ2) is 8.05. The molecule has 2 aromatic rings. The summed E-state index contributed by atoms with van der Waals surface area (Å²) in [6.45, 7) is -0.219. The van der Waals surface area contributed by atoms with Crippen molar-refractivity contribution in [2.24, 2.45) is 0 Å². The number of aromatic nitrogens is 2. The first-order valence-electron chi connectivity index (χ1n) is 7.31. The molecule has 1 aromatic carbocycles. The number of benzene rings is 1. The lowest BCUT2D eigenvalue weighted by Crippen LogP contribution is -2.54. The minimum Gasteiger partial charge on any atom is -0.484 e. The van der Waals surface area contributed by atoms with Gasteiger partial charge in [0.1, 0.15) is 0 Å². The Morgan fingerprint density at radius 2 is 1.81 bits per heavy atom. The predicted octanol–water partition coefficient (Wildman–Crippen LogP) is 5.80. The summed E-state index contributed by atoms with van der Waals surface area (Å²) >= 11 is 3.60. The maximum absolute atomic E-state index is 13.3. The zero-order chi connectivity index (χ0) is 20.5. The van der Waals surface area contributed by atoms with Gasteiger partial charge in [0, 0.05) is 8.47 Å². The summed E-state index contributed by atoms with van der Waals surface area (Å²) in [6.07, 6.45) is -4.30. The second-order valence-corrected chi connectivity index (χ2v) is 7.78. The SMILES string of the molecule is CCSc1cc(I)ccc1-n1cc(OCC(F)(F)C(F)(F)C(F)(F)F)cn1. The van der Waals surface area contributed by atoms with Crippen molar-refractivity contribution in [3.63, 3.8) is 0 Å². The van der Waals surface area contributed by atoms with Crippen LogP contribution in [0.3, 0.4) is 0 Å². The van der Waals surface area contributed by atoms with Gasteiger partial charge in [0.15, 0.2) is 12.4 Å². The van der Waals surface area contributed by atoms with Crippen molar-refractivity contribution in [2.45, 2.75) is 29.8 Å². The van der Waals surface area contributed by atoms with E-state index in [0.717, 1.165) is 26.6 Å². The van der Waals surface area contributed by atoms with E-state index in [0.29, 0.717) is 5.69 Å². The summed E-state index contributed by atoms with van der Waals surface area (Å²) in [4.78, 5) is 0.827. The normalized spacial score (nSPS) is 13.1. The van der Waals surface area contributed by atoms with Crippen LogP contribution in [-0.4, -0.2) is 40.2 Å². The Kier molecular flexibility index (Phi) is 6.59. The molecule has 0 aliphatic rings. The highest BCUT2D eigenvalue weighted by Crippen LogP contribution is 2.46. The number of hydrogen-bond donors (Lipinski definition) is 0. The lowest BCUT2D eigenvalue weighted by Gasteiger charge is -2.27. The van der Waals surface area contributed by atoms with Gasteiger partial charge in [-0.25, -0.2) is 4.68 Å². The van der Waals surface area contributed by atoms with Crippen LogP contribution < -0.4 is 4.74 Å². The largest absolute Gasteiger partial charge is 0.484 e. The third kappa shape index (κ3) is 4.81. The molecule has 27 heavy (non-hydrogen) atoms. The summed E-state index contributed by atoms with van der Waals surface area (Å²) in [5, 5.41) is 3.89. The lowest BCUT2D eigenvalue weighted by molar-refractivity contribution is -0.358. The highest BCUT2D eigenvalue weighted by molar-refractivity contribution is 14.1. The molecule has 0 N–H and O–H groups in total. The molecule has 0 saturated carbocycles. The first-order valence-corrected chi connectivity index (χ1v) is 9.38. The van der Waals surface area contributed by atoms with Gasteiger partial charge in [-0.1, -0.05) is 6.92 Å². The zero-order valence-electron chi connectivity index (χ0n) is 13.5. The van der Waals surface area contributed by atoms with Crippen molar-refractivity contribution in [2.75, 3.05) is 12.4 Å². The van der Waals surface area contributed by atoms with Crippen molar-refractivity contribution >= 4 is 34.4 Å². The summed E-state index contributed by atoms with van der Waals surface area (Å²) in [7, 11) is 0. The van der Waals surface area contributed by atoms with Crippen LogP contribution in [0.2, 0.25) is 0 Å². The van der Waals surface area contributed by atoms with Crippen LogP contribution in [0.25, 0.3) is 5.69 Å². The molecule has 12 heteroatoms. The van der Waals surface area contributed by atoms with Crippen LogP contribution in [0.5, 0.6) is 5.75 Å². The fourth-order valence-corrected chi connectivity index (χ4v) is 3.47. The number of halogens is 8. The third-order valence-electron chi connectivity index (χ3n) is 3.26. The van der Waals surface area contributed by atoms with E-state index >= 15 is 0 Å². The van der Waals surface area contributed by atoms with Crippen LogP contribution in [0, 0.1) is 3.57 Å². The minimum atomic E-state index is -6.39. The van der Waals surface area contributed by atoms with Crippen molar-refractivity contribution in [1.82, 2.24) is 9.78 Å². The maximum Gasteiger partial charge on any atom is 0.460 e. The Hall–Kier alpha value is -1.18. The molecule has 0 saturated heterocycles. The highest BCUT2D eigenvalue weighted by Gasteiger charge is 2.73. The monoisotopic (exact) mass is 528 g/mol. The van der Waals surface area contributed by atoms with Gasteiger partial charge in [-0.3, -0.25) is 0 Å². The number of hydrogen-bond acceptors (Lipinski definition) is 3. The summed E-state index contributed by atoms with van der Waals surface area (Å²) in [6, 6.07) is 5.35. The first-order chi connectivity index (χ1) is 12.4. The van der Waals surface area contributed by atoms with E-state index in [-0.39, 0.29) is 5.75 Å². The molecule has 0 spiro atoms. The molecule has 0 fully saturated rings. The number of alkyl halides is 7. The zero-order valence-corrected chi connectivity index (χ0v) is 16.5. The fraction of sp³-hybridized carbons (Fsp3) is 0.400. The molecule has 0 atom stereocenters.